The minimum atomic E-state index is -0.278. The quantitative estimate of drug-likeness (QED) is 0.790. The smallest absolute Gasteiger partial charge is 0.323 e. The molecular weight excluding hydrogens is 216 g/mol. The predicted octanol–water partition coefficient (Wildman–Crippen LogP) is 1.68. The summed E-state index contributed by atoms with van der Waals surface area (Å²) in [5.41, 5.74) is 2.27. The number of ether oxygens (including phenoxy) is 1. The maximum Gasteiger partial charge on any atom is 0.323 e. The van der Waals surface area contributed by atoms with E-state index in [0.29, 0.717) is 6.54 Å². The van der Waals surface area contributed by atoms with E-state index in [4.69, 9.17) is 4.74 Å². The molecule has 4 nitrogen and oxygen atoms in total. The van der Waals surface area contributed by atoms with Crippen molar-refractivity contribution in [2.75, 3.05) is 7.11 Å². The van der Waals surface area contributed by atoms with E-state index in [0.717, 1.165) is 5.56 Å². The average Bonchev–Trinajstić information content (AvgIpc) is 2.30. The normalized spacial score (nSPS) is 12.5. The number of pyridine rings is 1. The number of carbonyl (C=O) groups is 1. The number of hydrogen-bond donors (Lipinski definition) is 1. The number of rotatable bonds is 5. The van der Waals surface area contributed by atoms with E-state index in [-0.39, 0.29) is 17.9 Å². The first-order valence-electron chi connectivity index (χ1n) is 5.77. The van der Waals surface area contributed by atoms with Gasteiger partial charge in [0, 0.05) is 18.9 Å². The minimum absolute atomic E-state index is 0.194. The number of aromatic nitrogens is 1. The molecule has 1 rings (SSSR count). The molecule has 0 aliphatic carbocycles. The largest absolute Gasteiger partial charge is 0.468 e. The number of hydrogen-bond acceptors (Lipinski definition) is 4. The molecule has 0 amide bonds. The highest BCUT2D eigenvalue weighted by Crippen LogP contribution is 2.08. The molecule has 0 aliphatic heterocycles. The third-order valence-electron chi connectivity index (χ3n) is 2.78. The molecule has 0 saturated carbocycles. The molecule has 0 aliphatic rings. The standard InChI is InChI=1S/C13H20N2O2/c1-9(2)12(13(16)17-4)15-8-11-7-14-6-5-10(11)3/h5-7,9,12,15H,8H2,1-4H3. The van der Waals surface area contributed by atoms with Crippen molar-refractivity contribution in [3.63, 3.8) is 0 Å². The predicted molar refractivity (Wildman–Crippen MR) is 66.5 cm³/mol. The lowest BCUT2D eigenvalue weighted by atomic mass is 10.0. The van der Waals surface area contributed by atoms with E-state index >= 15 is 0 Å². The van der Waals surface area contributed by atoms with Gasteiger partial charge in [-0.1, -0.05) is 13.8 Å². The molecule has 1 aromatic rings. The second-order valence-electron chi connectivity index (χ2n) is 4.43. The highest BCUT2D eigenvalue weighted by atomic mass is 16.5. The number of nitrogens with zero attached hydrogens (tertiary/aromatic N) is 1. The zero-order valence-electron chi connectivity index (χ0n) is 10.9. The van der Waals surface area contributed by atoms with Crippen molar-refractivity contribution in [2.24, 2.45) is 5.92 Å². The lowest BCUT2D eigenvalue weighted by Crippen LogP contribution is -2.41. The maximum atomic E-state index is 11.6. The van der Waals surface area contributed by atoms with E-state index in [2.05, 4.69) is 10.3 Å². The minimum Gasteiger partial charge on any atom is -0.468 e. The number of carbonyl (C=O) groups excluding carboxylic acids is 1. The highest BCUT2D eigenvalue weighted by Gasteiger charge is 2.22. The van der Waals surface area contributed by atoms with E-state index in [1.54, 1.807) is 6.20 Å². The van der Waals surface area contributed by atoms with Gasteiger partial charge in [0.2, 0.25) is 0 Å². The summed E-state index contributed by atoms with van der Waals surface area (Å²) in [6.45, 7) is 6.63. The van der Waals surface area contributed by atoms with Crippen molar-refractivity contribution in [3.05, 3.63) is 29.6 Å². The zero-order valence-corrected chi connectivity index (χ0v) is 10.9. The summed E-state index contributed by atoms with van der Waals surface area (Å²) in [4.78, 5) is 15.6. The Labute approximate surface area is 102 Å². The van der Waals surface area contributed by atoms with Crippen molar-refractivity contribution in [1.29, 1.82) is 0 Å². The number of methoxy groups -OCH3 is 1. The summed E-state index contributed by atoms with van der Waals surface area (Å²) in [6.07, 6.45) is 3.58. The molecule has 1 N–H and O–H groups in total. The lowest BCUT2D eigenvalue weighted by molar-refractivity contribution is -0.144. The number of nitrogens with one attached hydrogen (secondary N) is 1. The van der Waals surface area contributed by atoms with E-state index in [1.165, 1.54) is 12.7 Å². The van der Waals surface area contributed by atoms with Crippen LogP contribution in [0.1, 0.15) is 25.0 Å². The first-order chi connectivity index (χ1) is 8.06. The van der Waals surface area contributed by atoms with Gasteiger partial charge in [-0.2, -0.15) is 0 Å². The molecule has 0 bridgehead atoms. The van der Waals surface area contributed by atoms with Gasteiger partial charge in [0.15, 0.2) is 0 Å². The Hall–Kier alpha value is -1.42. The molecule has 0 radical (unpaired) electrons. The number of esters is 1. The van der Waals surface area contributed by atoms with Gasteiger partial charge in [0.05, 0.1) is 7.11 Å². The fourth-order valence-electron chi connectivity index (χ4n) is 1.62. The molecule has 0 aromatic carbocycles. The van der Waals surface area contributed by atoms with Crippen LogP contribution in [0.2, 0.25) is 0 Å². The monoisotopic (exact) mass is 236 g/mol. The van der Waals surface area contributed by atoms with Gasteiger partial charge in [0.25, 0.3) is 0 Å². The summed E-state index contributed by atoms with van der Waals surface area (Å²) >= 11 is 0. The molecule has 0 saturated heterocycles. The Balaban J connectivity index is 2.64. The summed E-state index contributed by atoms with van der Waals surface area (Å²) < 4.78 is 4.78. The van der Waals surface area contributed by atoms with E-state index in [9.17, 15) is 4.79 Å². The van der Waals surface area contributed by atoms with Crippen molar-refractivity contribution in [1.82, 2.24) is 10.3 Å². The Kier molecular flexibility index (Phi) is 5.10. The Bertz CT molecular complexity index is 377. The zero-order chi connectivity index (χ0) is 12.8. The van der Waals surface area contributed by atoms with Crippen LogP contribution in [0.4, 0.5) is 0 Å². The van der Waals surface area contributed by atoms with Crippen molar-refractivity contribution in [2.45, 2.75) is 33.4 Å². The fraction of sp³-hybridized carbons (Fsp3) is 0.538. The Morgan fingerprint density at radius 1 is 1.53 bits per heavy atom. The van der Waals surface area contributed by atoms with E-state index in [1.807, 2.05) is 33.0 Å². The topological polar surface area (TPSA) is 51.2 Å². The van der Waals surface area contributed by atoms with Gasteiger partial charge in [-0.3, -0.25) is 9.78 Å². The maximum absolute atomic E-state index is 11.6. The first-order valence-corrected chi connectivity index (χ1v) is 5.77. The summed E-state index contributed by atoms with van der Waals surface area (Å²) in [7, 11) is 1.41. The Morgan fingerprint density at radius 2 is 2.24 bits per heavy atom. The fourth-order valence-corrected chi connectivity index (χ4v) is 1.62. The lowest BCUT2D eigenvalue weighted by Gasteiger charge is -2.20. The van der Waals surface area contributed by atoms with Gasteiger partial charge in [0.1, 0.15) is 6.04 Å². The van der Waals surface area contributed by atoms with Crippen LogP contribution in [0.25, 0.3) is 0 Å². The summed E-state index contributed by atoms with van der Waals surface area (Å²) in [5.74, 6) is -0.0269. The molecule has 94 valence electrons. The molecule has 1 heterocycles. The van der Waals surface area contributed by atoms with Gasteiger partial charge in [-0.15, -0.1) is 0 Å². The Morgan fingerprint density at radius 3 is 2.76 bits per heavy atom. The van der Waals surface area contributed by atoms with Crippen LogP contribution in [-0.2, 0) is 16.1 Å². The van der Waals surface area contributed by atoms with Crippen molar-refractivity contribution >= 4 is 5.97 Å². The second-order valence-corrected chi connectivity index (χ2v) is 4.43. The van der Waals surface area contributed by atoms with Crippen LogP contribution in [0, 0.1) is 12.8 Å². The number of aryl methyl sites for hydroxylation is 1. The summed E-state index contributed by atoms with van der Waals surface area (Å²) in [5, 5.41) is 3.21. The molecule has 0 fully saturated rings. The van der Waals surface area contributed by atoms with Crippen LogP contribution >= 0.6 is 0 Å². The van der Waals surface area contributed by atoms with Crippen molar-refractivity contribution < 1.29 is 9.53 Å². The third-order valence-corrected chi connectivity index (χ3v) is 2.78. The molecule has 1 atom stereocenters. The third kappa shape index (κ3) is 3.82. The molecular formula is C13H20N2O2. The van der Waals surface area contributed by atoms with Gasteiger partial charge >= 0.3 is 5.97 Å². The van der Waals surface area contributed by atoms with Gasteiger partial charge in [-0.05, 0) is 30.0 Å². The molecule has 1 unspecified atom stereocenters. The van der Waals surface area contributed by atoms with Gasteiger partial charge < -0.3 is 10.1 Å². The highest BCUT2D eigenvalue weighted by molar-refractivity contribution is 5.75. The second kappa shape index (κ2) is 6.35. The SMILES string of the molecule is COC(=O)C(NCc1cnccc1C)C(C)C. The molecule has 17 heavy (non-hydrogen) atoms. The summed E-state index contributed by atoms with van der Waals surface area (Å²) in [6, 6.07) is 1.68. The van der Waals surface area contributed by atoms with Gasteiger partial charge in [-0.25, -0.2) is 0 Å². The van der Waals surface area contributed by atoms with Crippen molar-refractivity contribution in [3.8, 4) is 0 Å². The van der Waals surface area contributed by atoms with E-state index < -0.39 is 0 Å². The molecule has 0 spiro atoms. The van der Waals surface area contributed by atoms with Crippen LogP contribution in [0.15, 0.2) is 18.5 Å². The van der Waals surface area contributed by atoms with Crippen LogP contribution in [-0.4, -0.2) is 24.1 Å². The van der Waals surface area contributed by atoms with Crippen LogP contribution in [0.3, 0.4) is 0 Å². The first kappa shape index (κ1) is 13.6. The molecule has 4 heteroatoms. The molecule has 1 aromatic heterocycles. The average molecular weight is 236 g/mol. The van der Waals surface area contributed by atoms with Crippen LogP contribution in [0.5, 0.6) is 0 Å². The van der Waals surface area contributed by atoms with Crippen LogP contribution < -0.4 is 5.32 Å².